The van der Waals surface area contributed by atoms with Gasteiger partial charge in [-0.15, -0.1) is 0 Å². The molecule has 0 saturated heterocycles. The van der Waals surface area contributed by atoms with Crippen molar-refractivity contribution in [1.29, 1.82) is 0 Å². The number of furan rings is 1. The summed E-state index contributed by atoms with van der Waals surface area (Å²) in [6, 6.07) is 19.2. The Labute approximate surface area is 226 Å². The van der Waals surface area contributed by atoms with Crippen molar-refractivity contribution in [3.63, 3.8) is 0 Å². The van der Waals surface area contributed by atoms with Crippen LogP contribution in [0.25, 0.3) is 0 Å². The highest BCUT2D eigenvalue weighted by molar-refractivity contribution is 5.89. The first-order valence-corrected chi connectivity index (χ1v) is 13.0. The number of hydrogen-bond donors (Lipinski definition) is 0. The highest BCUT2D eigenvalue weighted by Crippen LogP contribution is 2.29. The number of carbonyl (C=O) groups is 2. The number of benzene rings is 2. The van der Waals surface area contributed by atoms with Gasteiger partial charge in [0.1, 0.15) is 12.3 Å². The Kier molecular flexibility index (Phi) is 9.99. The first-order chi connectivity index (χ1) is 18.2. The van der Waals surface area contributed by atoms with Crippen molar-refractivity contribution < 1.29 is 23.5 Å². The van der Waals surface area contributed by atoms with Gasteiger partial charge in [-0.05, 0) is 69.0 Å². The van der Waals surface area contributed by atoms with Crippen LogP contribution in [0.3, 0.4) is 0 Å². The van der Waals surface area contributed by atoms with Crippen molar-refractivity contribution in [3.8, 4) is 11.5 Å². The van der Waals surface area contributed by atoms with Crippen LogP contribution >= 0.6 is 0 Å². The van der Waals surface area contributed by atoms with Gasteiger partial charge in [0.25, 0.3) is 0 Å². The summed E-state index contributed by atoms with van der Waals surface area (Å²) in [5.74, 6) is 1.50. The quantitative estimate of drug-likeness (QED) is 0.307. The Morgan fingerprint density at radius 2 is 1.66 bits per heavy atom. The van der Waals surface area contributed by atoms with Crippen molar-refractivity contribution >= 4 is 11.8 Å². The van der Waals surface area contributed by atoms with Crippen LogP contribution in [-0.4, -0.2) is 54.5 Å². The van der Waals surface area contributed by atoms with E-state index in [4.69, 9.17) is 13.9 Å². The number of carbonyl (C=O) groups excluding carboxylic acids is 2. The summed E-state index contributed by atoms with van der Waals surface area (Å²) in [6.45, 7) is 8.67. The van der Waals surface area contributed by atoms with Gasteiger partial charge in [0, 0.05) is 12.1 Å². The number of nitrogens with zero attached hydrogens (tertiary/aromatic N) is 2. The fourth-order valence-corrected chi connectivity index (χ4v) is 4.49. The molecule has 1 unspecified atom stereocenters. The smallest absolute Gasteiger partial charge is 0.242 e. The minimum atomic E-state index is -0.533. The van der Waals surface area contributed by atoms with Crippen LogP contribution in [0, 0.1) is 0 Å². The van der Waals surface area contributed by atoms with E-state index in [9.17, 15) is 9.59 Å². The van der Waals surface area contributed by atoms with Gasteiger partial charge < -0.3 is 23.7 Å². The van der Waals surface area contributed by atoms with Crippen molar-refractivity contribution in [3.05, 3.63) is 83.8 Å². The third-order valence-electron chi connectivity index (χ3n) is 6.68. The Morgan fingerprint density at radius 1 is 0.947 bits per heavy atom. The molecule has 2 aromatic carbocycles. The summed E-state index contributed by atoms with van der Waals surface area (Å²) in [6.07, 6.45) is 2.86. The Bertz CT molecular complexity index is 1170. The third kappa shape index (κ3) is 7.40. The van der Waals surface area contributed by atoms with Gasteiger partial charge in [0.15, 0.2) is 11.5 Å². The van der Waals surface area contributed by atoms with Crippen LogP contribution in [0.2, 0.25) is 0 Å². The third-order valence-corrected chi connectivity index (χ3v) is 6.68. The SMILES string of the molecule is CCC(C(=O)N(CC(=O)N(CCc1ccc(OC)c(OC)c1)Cc1ccco1)C(C)(C)C)c1ccccc1. The molecule has 1 atom stereocenters. The zero-order valence-corrected chi connectivity index (χ0v) is 23.4. The minimum absolute atomic E-state index is 0.0156. The molecule has 3 rings (SSSR count). The monoisotopic (exact) mass is 520 g/mol. The molecule has 0 aliphatic rings. The second-order valence-electron chi connectivity index (χ2n) is 10.3. The summed E-state index contributed by atoms with van der Waals surface area (Å²) < 4.78 is 16.3. The van der Waals surface area contributed by atoms with E-state index < -0.39 is 5.54 Å². The van der Waals surface area contributed by atoms with Gasteiger partial charge in [-0.1, -0.05) is 43.3 Å². The molecular weight excluding hydrogens is 480 g/mol. The molecule has 0 fully saturated rings. The molecule has 7 nitrogen and oxygen atoms in total. The van der Waals surface area contributed by atoms with Crippen molar-refractivity contribution in [2.75, 3.05) is 27.3 Å². The maximum atomic E-state index is 13.8. The van der Waals surface area contributed by atoms with E-state index in [0.29, 0.717) is 43.2 Å². The summed E-state index contributed by atoms with van der Waals surface area (Å²) >= 11 is 0. The van der Waals surface area contributed by atoms with E-state index in [1.807, 2.05) is 88.4 Å². The Balaban J connectivity index is 1.82. The van der Waals surface area contributed by atoms with Crippen LogP contribution < -0.4 is 9.47 Å². The lowest BCUT2D eigenvalue weighted by Gasteiger charge is -2.38. The normalized spacial score (nSPS) is 12.1. The van der Waals surface area contributed by atoms with E-state index in [-0.39, 0.29) is 24.3 Å². The summed E-state index contributed by atoms with van der Waals surface area (Å²) in [4.78, 5) is 31.1. The van der Waals surface area contributed by atoms with Crippen molar-refractivity contribution in [2.24, 2.45) is 0 Å². The predicted molar refractivity (Wildman–Crippen MR) is 148 cm³/mol. The molecule has 1 heterocycles. The second-order valence-corrected chi connectivity index (χ2v) is 10.3. The maximum Gasteiger partial charge on any atom is 0.242 e. The van der Waals surface area contributed by atoms with E-state index in [1.54, 1.807) is 30.3 Å². The highest BCUT2D eigenvalue weighted by atomic mass is 16.5. The zero-order chi connectivity index (χ0) is 27.7. The van der Waals surface area contributed by atoms with E-state index in [2.05, 4.69) is 0 Å². The van der Waals surface area contributed by atoms with Gasteiger partial charge in [0.2, 0.25) is 11.8 Å². The second kappa shape index (κ2) is 13.2. The van der Waals surface area contributed by atoms with Crippen molar-refractivity contribution in [1.82, 2.24) is 9.80 Å². The molecule has 2 amide bonds. The zero-order valence-electron chi connectivity index (χ0n) is 23.4. The molecule has 0 saturated carbocycles. The van der Waals surface area contributed by atoms with Gasteiger partial charge >= 0.3 is 0 Å². The number of hydrogen-bond acceptors (Lipinski definition) is 5. The fourth-order valence-electron chi connectivity index (χ4n) is 4.49. The van der Waals surface area contributed by atoms with Crippen LogP contribution in [0.15, 0.2) is 71.3 Å². The minimum Gasteiger partial charge on any atom is -0.493 e. The molecule has 0 aliphatic carbocycles. The standard InChI is InChI=1S/C31H40N2O5/c1-7-26(24-12-9-8-10-13-24)30(35)33(31(2,3)4)22-29(34)32(21-25-14-11-19-38-25)18-17-23-15-16-27(36-5)28(20-23)37-6/h8-16,19-20,26H,7,17-18,21-22H2,1-6H3. The first kappa shape index (κ1) is 28.8. The van der Waals surface area contributed by atoms with Gasteiger partial charge in [-0.25, -0.2) is 0 Å². The van der Waals surface area contributed by atoms with Crippen LogP contribution in [0.5, 0.6) is 11.5 Å². The summed E-state index contributed by atoms with van der Waals surface area (Å²) in [5.41, 5.74) is 1.44. The molecule has 7 heteroatoms. The molecule has 0 N–H and O–H groups in total. The van der Waals surface area contributed by atoms with Gasteiger partial charge in [-0.2, -0.15) is 0 Å². The average molecular weight is 521 g/mol. The number of amides is 2. The number of rotatable bonds is 12. The van der Waals surface area contributed by atoms with Gasteiger partial charge in [-0.3, -0.25) is 9.59 Å². The molecule has 0 spiro atoms. The molecule has 204 valence electrons. The van der Waals surface area contributed by atoms with Crippen LogP contribution in [0.4, 0.5) is 0 Å². The summed E-state index contributed by atoms with van der Waals surface area (Å²) in [7, 11) is 3.20. The lowest BCUT2D eigenvalue weighted by Crippen LogP contribution is -2.52. The molecule has 0 radical (unpaired) electrons. The first-order valence-electron chi connectivity index (χ1n) is 13.0. The largest absolute Gasteiger partial charge is 0.493 e. The van der Waals surface area contributed by atoms with E-state index in [1.165, 1.54) is 0 Å². The fraction of sp³-hybridized carbons (Fsp3) is 0.419. The Hall–Kier alpha value is -3.74. The van der Waals surface area contributed by atoms with E-state index >= 15 is 0 Å². The van der Waals surface area contributed by atoms with Crippen LogP contribution in [-0.2, 0) is 22.6 Å². The predicted octanol–water partition coefficient (Wildman–Crippen LogP) is 5.69. The lowest BCUT2D eigenvalue weighted by molar-refractivity contribution is -0.146. The van der Waals surface area contributed by atoms with E-state index in [0.717, 1.165) is 11.1 Å². The number of ether oxygens (including phenoxy) is 2. The van der Waals surface area contributed by atoms with Crippen LogP contribution in [0.1, 0.15) is 56.9 Å². The molecule has 0 aliphatic heterocycles. The molecule has 3 aromatic rings. The Morgan fingerprint density at radius 3 is 2.24 bits per heavy atom. The van der Waals surface area contributed by atoms with Gasteiger partial charge in [0.05, 0.1) is 32.9 Å². The summed E-state index contributed by atoms with van der Waals surface area (Å²) in [5, 5.41) is 0. The lowest BCUT2D eigenvalue weighted by atomic mass is 9.92. The maximum absolute atomic E-state index is 13.8. The average Bonchev–Trinajstić information content (AvgIpc) is 3.42. The molecular formula is C31H40N2O5. The topological polar surface area (TPSA) is 72.2 Å². The number of methoxy groups -OCH3 is 2. The highest BCUT2D eigenvalue weighted by Gasteiger charge is 2.34. The molecule has 38 heavy (non-hydrogen) atoms. The molecule has 1 aromatic heterocycles. The molecule has 0 bridgehead atoms. The van der Waals surface area contributed by atoms with Crippen molar-refractivity contribution in [2.45, 2.75) is 58.5 Å².